The minimum absolute atomic E-state index is 0.00150. The molecule has 25 nitrogen and oxygen atoms in total. The molecule has 0 aliphatic carbocycles. The quantitative estimate of drug-likeness (QED) is 0.0368. The van der Waals surface area contributed by atoms with Gasteiger partial charge in [-0.1, -0.05) is 160 Å². The minimum Gasteiger partial charge on any atom is -0.368 e. The molecule has 12 amide bonds. The molecule has 0 aromatic heterocycles. The van der Waals surface area contributed by atoms with E-state index < -0.39 is 144 Å². The molecule has 0 radical (unpaired) electrons. The summed E-state index contributed by atoms with van der Waals surface area (Å²) in [6.45, 7) is 17.6. The van der Waals surface area contributed by atoms with Crippen molar-refractivity contribution in [2.75, 3.05) is 19.6 Å². The van der Waals surface area contributed by atoms with Crippen molar-refractivity contribution >= 4 is 70.9 Å². The van der Waals surface area contributed by atoms with Crippen LogP contribution in [-0.2, 0) is 76.8 Å². The maximum atomic E-state index is 14.3. The van der Waals surface area contributed by atoms with Crippen molar-refractivity contribution in [2.45, 2.75) is 169 Å². The molecule has 0 spiro atoms. The third kappa shape index (κ3) is 27.5. The second-order valence-electron chi connectivity index (χ2n) is 24.2. The van der Waals surface area contributed by atoms with E-state index in [2.05, 4.69) is 58.5 Å². The lowest BCUT2D eigenvalue weighted by molar-refractivity contribution is -0.136. The summed E-state index contributed by atoms with van der Waals surface area (Å²) in [6, 6.07) is 15.8. The Bertz CT molecular complexity index is 2840. The third-order valence-electron chi connectivity index (χ3n) is 14.1. The van der Waals surface area contributed by atoms with Gasteiger partial charge in [0.2, 0.25) is 70.9 Å². The Kier molecular flexibility index (Phi) is 31.7. The number of amides is 12. The van der Waals surface area contributed by atoms with Crippen molar-refractivity contribution in [3.05, 3.63) is 108 Å². The van der Waals surface area contributed by atoms with E-state index in [1.807, 2.05) is 41.5 Å². The largest absolute Gasteiger partial charge is 0.368 e. The number of benzene rings is 3. The summed E-state index contributed by atoms with van der Waals surface area (Å²) >= 11 is 0. The van der Waals surface area contributed by atoms with Crippen LogP contribution in [0.25, 0.3) is 0 Å². The second-order valence-corrected chi connectivity index (χ2v) is 24.2. The molecule has 0 heterocycles. The molecule has 0 aliphatic heterocycles. The first kappa shape index (κ1) is 74.5. The maximum absolute atomic E-state index is 14.3. The molecule has 0 saturated heterocycles. The second kappa shape index (κ2) is 37.8. The monoisotopic (exact) mass is 1240 g/mol. The Labute approximate surface area is 522 Å². The lowest BCUT2D eigenvalue weighted by Gasteiger charge is -2.29. The summed E-state index contributed by atoms with van der Waals surface area (Å²) in [7, 11) is 0. The summed E-state index contributed by atoms with van der Waals surface area (Å²) in [5.41, 5.74) is 12.9. The third-order valence-corrected chi connectivity index (χ3v) is 14.1. The van der Waals surface area contributed by atoms with Gasteiger partial charge in [0, 0.05) is 19.3 Å². The molecular formula is C64H95N13O12. The average molecular weight is 1240 g/mol. The van der Waals surface area contributed by atoms with Crippen LogP contribution in [0.2, 0.25) is 0 Å². The summed E-state index contributed by atoms with van der Waals surface area (Å²) in [5, 5.41) is 29.2. The fourth-order valence-electron chi connectivity index (χ4n) is 9.37. The Hall–Kier alpha value is -8.74. The molecule has 0 unspecified atom stereocenters. The van der Waals surface area contributed by atoms with Gasteiger partial charge in [0.15, 0.2) is 0 Å². The summed E-state index contributed by atoms with van der Waals surface area (Å²) in [6.07, 6.45) is 0.375. The van der Waals surface area contributed by atoms with E-state index in [-0.39, 0.29) is 68.7 Å². The van der Waals surface area contributed by atoms with Crippen LogP contribution in [0.1, 0.15) is 112 Å². The minimum atomic E-state index is -1.30. The van der Waals surface area contributed by atoms with Crippen LogP contribution in [0.4, 0.5) is 0 Å². The van der Waals surface area contributed by atoms with Crippen LogP contribution in [-0.4, -0.2) is 145 Å². The van der Waals surface area contributed by atoms with Crippen LogP contribution in [0.15, 0.2) is 91.0 Å². The van der Waals surface area contributed by atoms with Gasteiger partial charge in [0.05, 0.1) is 19.6 Å². The first-order valence-corrected chi connectivity index (χ1v) is 30.3. The van der Waals surface area contributed by atoms with Gasteiger partial charge in [-0.3, -0.25) is 57.5 Å². The summed E-state index contributed by atoms with van der Waals surface area (Å²) in [5.74, 6) is -9.90. The smallest absolute Gasteiger partial charge is 0.243 e. The lowest BCUT2D eigenvalue weighted by atomic mass is 9.98. The molecule has 15 N–H and O–H groups in total. The van der Waals surface area contributed by atoms with E-state index in [1.165, 1.54) is 6.92 Å². The van der Waals surface area contributed by atoms with Gasteiger partial charge in [-0.2, -0.15) is 0 Å². The Morgan fingerprint density at radius 2 is 0.629 bits per heavy atom. The molecule has 0 fully saturated rings. The van der Waals surface area contributed by atoms with Gasteiger partial charge in [-0.15, -0.1) is 0 Å². The molecule has 25 heteroatoms. The van der Waals surface area contributed by atoms with Crippen molar-refractivity contribution in [1.82, 2.24) is 58.5 Å². The van der Waals surface area contributed by atoms with Crippen LogP contribution in [0.5, 0.6) is 0 Å². The normalized spacial score (nSPS) is 14.3. The number of primary amides is 1. The molecule has 0 aliphatic rings. The zero-order chi connectivity index (χ0) is 66.5. The highest BCUT2D eigenvalue weighted by Crippen LogP contribution is 2.14. The lowest BCUT2D eigenvalue weighted by Crippen LogP contribution is -2.60. The predicted octanol–water partition coefficient (Wildman–Crippen LogP) is 0.224. The number of hydrogen-bond acceptors (Lipinski definition) is 13. The van der Waals surface area contributed by atoms with Crippen molar-refractivity contribution in [2.24, 2.45) is 41.1 Å². The van der Waals surface area contributed by atoms with Crippen LogP contribution in [0.3, 0.4) is 0 Å². The van der Waals surface area contributed by atoms with Gasteiger partial charge < -0.3 is 70.0 Å². The molecule has 3 aromatic rings. The van der Waals surface area contributed by atoms with E-state index in [1.54, 1.807) is 119 Å². The number of carbonyl (C=O) groups is 12. The van der Waals surface area contributed by atoms with Crippen molar-refractivity contribution in [3.8, 4) is 0 Å². The van der Waals surface area contributed by atoms with Gasteiger partial charge in [0.25, 0.3) is 0 Å². The van der Waals surface area contributed by atoms with Crippen LogP contribution < -0.4 is 70.0 Å². The fourth-order valence-corrected chi connectivity index (χ4v) is 9.37. The van der Waals surface area contributed by atoms with Gasteiger partial charge in [0.1, 0.15) is 54.4 Å². The highest BCUT2D eigenvalue weighted by molar-refractivity contribution is 5.98. The highest BCUT2D eigenvalue weighted by Gasteiger charge is 2.36. The Balaban J connectivity index is 1.79. The molecule has 0 saturated carbocycles. The van der Waals surface area contributed by atoms with E-state index in [0.29, 0.717) is 16.7 Å². The molecule has 9 atom stereocenters. The maximum Gasteiger partial charge on any atom is 0.243 e. The van der Waals surface area contributed by atoms with Gasteiger partial charge in [-0.25, -0.2) is 0 Å². The summed E-state index contributed by atoms with van der Waals surface area (Å²) < 4.78 is 0. The predicted molar refractivity (Wildman–Crippen MR) is 336 cm³/mol. The van der Waals surface area contributed by atoms with Gasteiger partial charge in [-0.05, 0) is 72.5 Å². The number of carbonyl (C=O) groups excluding carboxylic acids is 12. The number of nitrogens with one attached hydrogen (secondary N) is 11. The molecule has 3 rings (SSSR count). The van der Waals surface area contributed by atoms with Gasteiger partial charge >= 0.3 is 0 Å². The number of nitrogens with two attached hydrogens (primary N) is 2. The average Bonchev–Trinajstić information content (AvgIpc) is 2.82. The Morgan fingerprint density at radius 3 is 0.955 bits per heavy atom. The zero-order valence-corrected chi connectivity index (χ0v) is 53.2. The topological polar surface area (TPSA) is 389 Å². The van der Waals surface area contributed by atoms with E-state index in [9.17, 15) is 57.5 Å². The molecule has 3 aromatic carbocycles. The molecule has 89 heavy (non-hydrogen) atoms. The van der Waals surface area contributed by atoms with Crippen molar-refractivity contribution in [1.29, 1.82) is 0 Å². The van der Waals surface area contributed by atoms with E-state index in [0.717, 1.165) is 0 Å². The molecule has 0 bridgehead atoms. The first-order valence-electron chi connectivity index (χ1n) is 30.3. The first-order chi connectivity index (χ1) is 42.0. The van der Waals surface area contributed by atoms with Crippen LogP contribution >= 0.6 is 0 Å². The summed E-state index contributed by atoms with van der Waals surface area (Å²) in [4.78, 5) is 163. The van der Waals surface area contributed by atoms with Crippen LogP contribution in [0, 0.1) is 29.6 Å². The number of hydrogen-bond donors (Lipinski definition) is 13. The van der Waals surface area contributed by atoms with Crippen molar-refractivity contribution < 1.29 is 57.5 Å². The Morgan fingerprint density at radius 1 is 0.337 bits per heavy atom. The van der Waals surface area contributed by atoms with E-state index >= 15 is 0 Å². The number of rotatable bonds is 37. The van der Waals surface area contributed by atoms with Crippen molar-refractivity contribution in [3.63, 3.8) is 0 Å². The van der Waals surface area contributed by atoms with E-state index in [4.69, 9.17) is 11.5 Å². The SMILES string of the molecule is CC(C)C[C@H](NC(=O)[C@H](Cc1ccccc1)NC(=O)CNC(=O)[C@H](CC(C)C)NC(=O)[C@@H](NC(=O)[C@H](Cc1ccccc1)NC(=O)[C@@H](NC(=O)CN)C(C)C)C(C)C)C(=O)NCC(=O)N[C@@H](Cc1ccccc1)C(=O)N[C@@H](CC(C)C)C(=O)N[C@@H](C)C(N)=O. The fraction of sp³-hybridized carbons (Fsp3) is 0.531. The standard InChI is InChI=1S/C64H95N13O12/c1-36(2)27-45(57(82)67-34-52(79)71-49(31-43-23-17-13-18-24-43)61(86)73-47(29-38(5)6)59(84)69-41(11)56(66)81)72-60(85)48(30-42-21-15-12-16-22-42)70-53(80)35-68-58(83)46(28-37(3)4)74-64(89)55(40(9)10)77-62(87)50(32-44-25-19-14-20-26-44)75-63(88)54(39(7)8)76-51(78)33-65/h12-26,36-41,45-50,54-55H,27-35,65H2,1-11H3,(H2,66,81)(H,67,82)(H,68,83)(H,69,84)(H,70,80)(H,71,79)(H,72,85)(H,73,86)(H,74,89)(H,75,88)(H,76,78)(H,77,87)/t41-,45-,46-,47-,48-,49-,50-,54-,55-/m0/s1. The zero-order valence-electron chi connectivity index (χ0n) is 53.2. The highest BCUT2D eigenvalue weighted by atomic mass is 16.2. The molecule has 488 valence electrons. The molecular weight excluding hydrogens is 1140 g/mol.